The van der Waals surface area contributed by atoms with Crippen LogP contribution in [0.25, 0.3) is 0 Å². The van der Waals surface area contributed by atoms with Gasteiger partial charge in [-0.25, -0.2) is 0 Å². The Hall–Kier alpha value is -1.11. The molecule has 1 aromatic rings. The van der Waals surface area contributed by atoms with Gasteiger partial charge in [0.25, 0.3) is 0 Å². The van der Waals surface area contributed by atoms with Crippen molar-refractivity contribution < 1.29 is 19.7 Å². The van der Waals surface area contributed by atoms with Crippen LogP contribution >= 0.6 is 15.9 Å². The normalized spacial score (nSPS) is 12.2. The third-order valence-electron chi connectivity index (χ3n) is 2.34. The van der Waals surface area contributed by atoms with Crippen LogP contribution in [0.3, 0.4) is 0 Å². The molecule has 0 bridgehead atoms. The van der Waals surface area contributed by atoms with E-state index in [1.165, 1.54) is 0 Å². The summed E-state index contributed by atoms with van der Waals surface area (Å²) in [6.45, 7) is 0.801. The second-order valence-electron chi connectivity index (χ2n) is 3.85. The van der Waals surface area contributed by atoms with Crippen molar-refractivity contribution in [1.29, 1.82) is 0 Å². The number of methoxy groups -OCH3 is 1. The number of carbonyl (C=O) groups is 1. The number of aliphatic hydroxyl groups is 1. The minimum absolute atomic E-state index is 0.246. The molecule has 0 fully saturated rings. The number of ether oxygens (including phenoxy) is 1. The van der Waals surface area contributed by atoms with Crippen LogP contribution < -0.4 is 10.1 Å². The molecule has 0 aliphatic heterocycles. The first-order valence-electron chi connectivity index (χ1n) is 5.46. The highest BCUT2D eigenvalue weighted by Crippen LogP contribution is 2.25. The third-order valence-corrected chi connectivity index (χ3v) is 2.96. The predicted octanol–water partition coefficient (Wildman–Crippen LogP) is 1.38. The van der Waals surface area contributed by atoms with Crippen molar-refractivity contribution in [1.82, 2.24) is 5.32 Å². The SMILES string of the molecule is COc1ccc(CNCC(O)CC(=O)O)cc1Br. The van der Waals surface area contributed by atoms with E-state index in [2.05, 4.69) is 21.2 Å². The minimum atomic E-state index is -1.00. The van der Waals surface area contributed by atoms with Crippen LogP contribution in [0.5, 0.6) is 5.75 Å². The maximum Gasteiger partial charge on any atom is 0.306 e. The lowest BCUT2D eigenvalue weighted by Crippen LogP contribution is -2.28. The van der Waals surface area contributed by atoms with Crippen LogP contribution in [0.2, 0.25) is 0 Å². The van der Waals surface area contributed by atoms with E-state index in [0.717, 1.165) is 15.8 Å². The highest BCUT2D eigenvalue weighted by atomic mass is 79.9. The third kappa shape index (κ3) is 5.03. The molecule has 0 amide bonds. The van der Waals surface area contributed by atoms with Gasteiger partial charge in [0, 0.05) is 13.1 Å². The largest absolute Gasteiger partial charge is 0.496 e. The molecule has 1 rings (SSSR count). The van der Waals surface area contributed by atoms with Gasteiger partial charge in [-0.15, -0.1) is 0 Å². The van der Waals surface area contributed by atoms with Crippen molar-refractivity contribution in [2.75, 3.05) is 13.7 Å². The van der Waals surface area contributed by atoms with Crippen molar-refractivity contribution in [2.45, 2.75) is 19.1 Å². The lowest BCUT2D eigenvalue weighted by molar-refractivity contribution is -0.139. The van der Waals surface area contributed by atoms with Gasteiger partial charge in [-0.2, -0.15) is 0 Å². The van der Waals surface area contributed by atoms with Crippen molar-refractivity contribution in [3.8, 4) is 5.75 Å². The fourth-order valence-corrected chi connectivity index (χ4v) is 2.06. The van der Waals surface area contributed by atoms with E-state index in [1.54, 1.807) is 7.11 Å². The van der Waals surface area contributed by atoms with Gasteiger partial charge < -0.3 is 20.3 Å². The molecule has 0 radical (unpaired) electrons. The number of carboxylic acids is 1. The van der Waals surface area contributed by atoms with Gasteiger partial charge in [0.15, 0.2) is 0 Å². The quantitative estimate of drug-likeness (QED) is 0.708. The molecule has 100 valence electrons. The Kier molecular flexibility index (Phi) is 6.11. The standard InChI is InChI=1S/C12H16BrNO4/c1-18-11-3-2-8(4-10(11)13)6-14-7-9(15)5-12(16)17/h2-4,9,14-15H,5-7H2,1H3,(H,16,17). The second kappa shape index (κ2) is 7.35. The molecule has 0 saturated heterocycles. The van der Waals surface area contributed by atoms with Crippen molar-refractivity contribution in [3.63, 3.8) is 0 Å². The topological polar surface area (TPSA) is 78.8 Å². The van der Waals surface area contributed by atoms with E-state index in [0.29, 0.717) is 6.54 Å². The van der Waals surface area contributed by atoms with Gasteiger partial charge in [-0.3, -0.25) is 4.79 Å². The van der Waals surface area contributed by atoms with Gasteiger partial charge in [-0.05, 0) is 33.6 Å². The summed E-state index contributed by atoms with van der Waals surface area (Å²) >= 11 is 3.38. The minimum Gasteiger partial charge on any atom is -0.496 e. The fourth-order valence-electron chi connectivity index (χ4n) is 1.48. The molecule has 0 spiro atoms. The van der Waals surface area contributed by atoms with Crippen molar-refractivity contribution in [3.05, 3.63) is 28.2 Å². The first-order valence-corrected chi connectivity index (χ1v) is 6.25. The molecule has 1 unspecified atom stereocenters. The first-order chi connectivity index (χ1) is 8.52. The number of nitrogens with one attached hydrogen (secondary N) is 1. The smallest absolute Gasteiger partial charge is 0.306 e. The Morgan fingerprint density at radius 1 is 1.56 bits per heavy atom. The molecule has 5 nitrogen and oxygen atoms in total. The average Bonchev–Trinajstić information content (AvgIpc) is 2.28. The Morgan fingerprint density at radius 3 is 2.83 bits per heavy atom. The molecule has 0 aliphatic rings. The van der Waals surface area contributed by atoms with E-state index >= 15 is 0 Å². The summed E-state index contributed by atoms with van der Waals surface area (Å²) in [6, 6.07) is 5.66. The Labute approximate surface area is 114 Å². The van der Waals surface area contributed by atoms with Gasteiger partial charge in [0.2, 0.25) is 0 Å². The van der Waals surface area contributed by atoms with E-state index in [4.69, 9.17) is 9.84 Å². The number of hydrogen-bond donors (Lipinski definition) is 3. The van der Waals surface area contributed by atoms with Gasteiger partial charge in [0.05, 0.1) is 24.1 Å². The number of aliphatic carboxylic acids is 1. The molecular weight excluding hydrogens is 302 g/mol. The fraction of sp³-hybridized carbons (Fsp3) is 0.417. The Morgan fingerprint density at radius 2 is 2.28 bits per heavy atom. The van der Waals surface area contributed by atoms with Gasteiger partial charge in [-0.1, -0.05) is 6.07 Å². The van der Waals surface area contributed by atoms with Crippen LogP contribution in [0.4, 0.5) is 0 Å². The molecule has 0 aromatic heterocycles. The molecular formula is C12H16BrNO4. The van der Waals surface area contributed by atoms with E-state index < -0.39 is 12.1 Å². The van der Waals surface area contributed by atoms with Gasteiger partial charge >= 0.3 is 5.97 Å². The zero-order valence-corrected chi connectivity index (χ0v) is 11.6. The van der Waals surface area contributed by atoms with Gasteiger partial charge in [0.1, 0.15) is 5.75 Å². The number of halogens is 1. The summed E-state index contributed by atoms with van der Waals surface area (Å²) in [5.74, 6) is -0.249. The van der Waals surface area contributed by atoms with Crippen LogP contribution in [0, 0.1) is 0 Å². The lowest BCUT2D eigenvalue weighted by Gasteiger charge is -2.10. The molecule has 0 aliphatic carbocycles. The highest BCUT2D eigenvalue weighted by molar-refractivity contribution is 9.10. The summed E-state index contributed by atoms with van der Waals surface area (Å²) in [7, 11) is 1.60. The van der Waals surface area contributed by atoms with E-state index in [9.17, 15) is 9.90 Å². The summed E-state index contributed by atoms with van der Waals surface area (Å²) in [6.07, 6.45) is -1.12. The number of rotatable bonds is 7. The zero-order valence-electron chi connectivity index (χ0n) is 10.0. The summed E-state index contributed by atoms with van der Waals surface area (Å²) in [5, 5.41) is 20.8. The molecule has 3 N–H and O–H groups in total. The van der Waals surface area contributed by atoms with Crippen LogP contribution in [-0.2, 0) is 11.3 Å². The molecule has 0 saturated carbocycles. The van der Waals surface area contributed by atoms with Crippen LogP contribution in [0.15, 0.2) is 22.7 Å². The number of hydrogen-bond acceptors (Lipinski definition) is 4. The summed E-state index contributed by atoms with van der Waals surface area (Å²) in [5.41, 5.74) is 1.02. The monoisotopic (exact) mass is 317 g/mol. The number of carboxylic acid groups (broad SMARTS) is 1. The molecule has 0 heterocycles. The van der Waals surface area contributed by atoms with Crippen LogP contribution in [-0.4, -0.2) is 35.9 Å². The summed E-state index contributed by atoms with van der Waals surface area (Å²) in [4.78, 5) is 10.4. The molecule has 18 heavy (non-hydrogen) atoms. The molecule has 1 atom stereocenters. The van der Waals surface area contributed by atoms with E-state index in [-0.39, 0.29) is 13.0 Å². The lowest BCUT2D eigenvalue weighted by atomic mass is 10.2. The maximum absolute atomic E-state index is 10.4. The Bertz CT molecular complexity index is 411. The van der Waals surface area contributed by atoms with E-state index in [1.807, 2.05) is 18.2 Å². The van der Waals surface area contributed by atoms with Crippen LogP contribution in [0.1, 0.15) is 12.0 Å². The molecule has 1 aromatic carbocycles. The Balaban J connectivity index is 2.40. The first kappa shape index (κ1) is 14.9. The average molecular weight is 318 g/mol. The molecule has 6 heteroatoms. The van der Waals surface area contributed by atoms with Crippen molar-refractivity contribution >= 4 is 21.9 Å². The number of aliphatic hydroxyl groups excluding tert-OH is 1. The predicted molar refractivity (Wildman–Crippen MR) is 70.7 cm³/mol. The maximum atomic E-state index is 10.4. The zero-order chi connectivity index (χ0) is 13.5. The second-order valence-corrected chi connectivity index (χ2v) is 4.71. The van der Waals surface area contributed by atoms with Crippen molar-refractivity contribution in [2.24, 2.45) is 0 Å². The summed E-state index contributed by atoms with van der Waals surface area (Å²) < 4.78 is 5.97. The number of benzene rings is 1. The highest BCUT2D eigenvalue weighted by Gasteiger charge is 2.08.